The first-order chi connectivity index (χ1) is 18.2. The number of fused-ring (bicyclic) bond motifs is 3. The lowest BCUT2D eigenvalue weighted by molar-refractivity contribution is -0.150. The molecule has 0 heterocycles. The van der Waals surface area contributed by atoms with E-state index >= 15 is 0 Å². The second kappa shape index (κ2) is 13.4. The van der Waals surface area contributed by atoms with Crippen molar-refractivity contribution in [3.8, 4) is 17.2 Å². The molecule has 3 aromatic carbocycles. The fourth-order valence-electron chi connectivity index (χ4n) is 5.42. The van der Waals surface area contributed by atoms with E-state index in [4.69, 9.17) is 5.26 Å². The lowest BCUT2D eigenvalue weighted by atomic mass is 9.69. The van der Waals surface area contributed by atoms with Crippen molar-refractivity contribution in [2.75, 3.05) is 7.11 Å². The highest BCUT2D eigenvalue weighted by molar-refractivity contribution is 5.78. The molecule has 0 saturated heterocycles. The van der Waals surface area contributed by atoms with Crippen molar-refractivity contribution in [3.05, 3.63) is 95.1 Å². The van der Waals surface area contributed by atoms with Crippen LogP contribution in [0.4, 0.5) is 0 Å². The lowest BCUT2D eigenvalue weighted by Gasteiger charge is -2.35. The van der Waals surface area contributed by atoms with Crippen LogP contribution in [0, 0.1) is 35.0 Å². The highest BCUT2D eigenvalue weighted by atomic mass is 16.5. The molecule has 1 saturated carbocycles. The SMILES string of the molecule is CC(C)C1c2ccccc2-c2ccccc21.CC(C)c1ccc(C#N)cc1.COC(=O)C1CC(C(C)C)C1. The van der Waals surface area contributed by atoms with Crippen molar-refractivity contribution in [2.24, 2.45) is 23.7 Å². The minimum atomic E-state index is -0.0260. The Morgan fingerprint density at radius 2 is 1.29 bits per heavy atom. The van der Waals surface area contributed by atoms with Crippen LogP contribution in [0.5, 0.6) is 0 Å². The van der Waals surface area contributed by atoms with Crippen LogP contribution in [0.15, 0.2) is 72.8 Å². The van der Waals surface area contributed by atoms with Crippen LogP contribution in [0.1, 0.15) is 88.5 Å². The van der Waals surface area contributed by atoms with E-state index in [-0.39, 0.29) is 11.9 Å². The van der Waals surface area contributed by atoms with Gasteiger partial charge in [0.15, 0.2) is 0 Å². The molecule has 38 heavy (non-hydrogen) atoms. The monoisotopic (exact) mass is 509 g/mol. The molecule has 200 valence electrons. The molecule has 0 aliphatic heterocycles. The molecule has 0 aromatic heterocycles. The zero-order chi connectivity index (χ0) is 27.8. The normalized spacial score (nSPS) is 17.3. The summed E-state index contributed by atoms with van der Waals surface area (Å²) in [5.41, 5.74) is 7.87. The van der Waals surface area contributed by atoms with E-state index in [9.17, 15) is 4.79 Å². The molecule has 2 aliphatic rings. The molecule has 2 aliphatic carbocycles. The largest absolute Gasteiger partial charge is 0.469 e. The third-order valence-corrected chi connectivity index (χ3v) is 7.91. The number of benzene rings is 3. The number of nitrogens with zero attached hydrogens (tertiary/aromatic N) is 1. The number of ether oxygens (including phenoxy) is 1. The predicted octanol–water partition coefficient (Wildman–Crippen LogP) is 8.98. The molecule has 5 rings (SSSR count). The first kappa shape index (κ1) is 29.2. The standard InChI is InChI=1S/C16H16.C10H11N.C9H16O2/c1-11(2)16-14-9-5-3-7-12(14)13-8-4-6-10-15(13)16;1-8(2)10-5-3-9(7-11)4-6-10;1-6(2)7-4-8(5-7)9(10)11-3/h3-11,16H,1-2H3;3-6,8H,1-2H3;6-8H,4-5H2,1-3H3. The average Bonchev–Trinajstić information content (AvgIpc) is 3.23. The zero-order valence-electron chi connectivity index (χ0n) is 24.1. The van der Waals surface area contributed by atoms with Crippen molar-refractivity contribution < 1.29 is 9.53 Å². The first-order valence-corrected chi connectivity index (χ1v) is 13.9. The van der Waals surface area contributed by atoms with Gasteiger partial charge in [0.25, 0.3) is 0 Å². The Kier molecular flexibility index (Phi) is 10.3. The van der Waals surface area contributed by atoms with E-state index < -0.39 is 0 Å². The molecule has 3 aromatic rings. The fraction of sp³-hybridized carbons (Fsp3) is 0.429. The predicted molar refractivity (Wildman–Crippen MR) is 157 cm³/mol. The van der Waals surface area contributed by atoms with E-state index in [2.05, 4.69) is 101 Å². The summed E-state index contributed by atoms with van der Waals surface area (Å²) in [5, 5.41) is 8.52. The molecule has 3 heteroatoms. The molecule has 1 fully saturated rings. The van der Waals surface area contributed by atoms with Crippen molar-refractivity contribution in [2.45, 2.75) is 66.2 Å². The van der Waals surface area contributed by atoms with E-state index in [1.165, 1.54) is 34.9 Å². The summed E-state index contributed by atoms with van der Waals surface area (Å²) in [6.45, 7) is 13.3. The van der Waals surface area contributed by atoms with E-state index in [0.717, 1.165) is 30.2 Å². The average molecular weight is 510 g/mol. The highest BCUT2D eigenvalue weighted by Gasteiger charge is 2.36. The molecule has 0 radical (unpaired) electrons. The number of esters is 1. The Hall–Kier alpha value is -3.38. The summed E-state index contributed by atoms with van der Waals surface area (Å²) in [6, 6.07) is 27.4. The molecular formula is C35H43NO2. The summed E-state index contributed by atoms with van der Waals surface area (Å²) < 4.78 is 4.64. The summed E-state index contributed by atoms with van der Waals surface area (Å²) in [6.07, 6.45) is 2.06. The molecule has 0 amide bonds. The Morgan fingerprint density at radius 3 is 1.68 bits per heavy atom. The fourth-order valence-corrected chi connectivity index (χ4v) is 5.42. The zero-order valence-corrected chi connectivity index (χ0v) is 24.1. The quantitative estimate of drug-likeness (QED) is 0.330. The van der Waals surface area contributed by atoms with Crippen LogP contribution in [-0.4, -0.2) is 13.1 Å². The van der Waals surface area contributed by atoms with Gasteiger partial charge in [-0.2, -0.15) is 5.26 Å². The number of hydrogen-bond acceptors (Lipinski definition) is 3. The van der Waals surface area contributed by atoms with Crippen LogP contribution in [0.3, 0.4) is 0 Å². The van der Waals surface area contributed by atoms with Gasteiger partial charge < -0.3 is 4.74 Å². The van der Waals surface area contributed by atoms with Crippen LogP contribution in [-0.2, 0) is 9.53 Å². The van der Waals surface area contributed by atoms with Gasteiger partial charge in [0.2, 0.25) is 0 Å². The van der Waals surface area contributed by atoms with Gasteiger partial charge >= 0.3 is 5.97 Å². The molecule has 3 nitrogen and oxygen atoms in total. The second-order valence-electron chi connectivity index (χ2n) is 11.5. The van der Waals surface area contributed by atoms with Gasteiger partial charge in [-0.1, -0.05) is 102 Å². The lowest BCUT2D eigenvalue weighted by Crippen LogP contribution is -2.33. The number of carbonyl (C=O) groups is 1. The van der Waals surface area contributed by atoms with Gasteiger partial charge in [0, 0.05) is 5.92 Å². The molecule has 0 unspecified atom stereocenters. The van der Waals surface area contributed by atoms with Crippen LogP contribution in [0.2, 0.25) is 0 Å². The Morgan fingerprint density at radius 1 is 0.789 bits per heavy atom. The third-order valence-electron chi connectivity index (χ3n) is 7.91. The number of rotatable bonds is 4. The molecule has 0 spiro atoms. The maximum Gasteiger partial charge on any atom is 0.308 e. The Labute approximate surface area is 229 Å². The third kappa shape index (κ3) is 6.93. The topological polar surface area (TPSA) is 50.1 Å². The summed E-state index contributed by atoms with van der Waals surface area (Å²) in [5.74, 6) is 3.42. The summed E-state index contributed by atoms with van der Waals surface area (Å²) >= 11 is 0. The molecule has 0 bridgehead atoms. The van der Waals surface area contributed by atoms with Gasteiger partial charge in [0.05, 0.1) is 24.7 Å². The summed E-state index contributed by atoms with van der Waals surface area (Å²) in [4.78, 5) is 10.9. The smallest absolute Gasteiger partial charge is 0.308 e. The molecular weight excluding hydrogens is 466 g/mol. The number of nitriles is 1. The van der Waals surface area contributed by atoms with Crippen molar-refractivity contribution in [3.63, 3.8) is 0 Å². The second-order valence-corrected chi connectivity index (χ2v) is 11.5. The van der Waals surface area contributed by atoms with E-state index in [1.807, 2.05) is 24.3 Å². The van der Waals surface area contributed by atoms with Crippen molar-refractivity contribution in [1.29, 1.82) is 5.26 Å². The summed E-state index contributed by atoms with van der Waals surface area (Å²) in [7, 11) is 1.46. The van der Waals surface area contributed by atoms with Gasteiger partial charge in [-0.15, -0.1) is 0 Å². The van der Waals surface area contributed by atoms with Crippen LogP contribution < -0.4 is 0 Å². The maximum absolute atomic E-state index is 10.9. The van der Waals surface area contributed by atoms with Gasteiger partial charge in [-0.3, -0.25) is 4.79 Å². The van der Waals surface area contributed by atoms with E-state index in [0.29, 0.717) is 17.8 Å². The van der Waals surface area contributed by atoms with Crippen LogP contribution >= 0.6 is 0 Å². The Bertz CT molecular complexity index is 1180. The maximum atomic E-state index is 10.9. The van der Waals surface area contributed by atoms with E-state index in [1.54, 1.807) is 0 Å². The van der Waals surface area contributed by atoms with Crippen molar-refractivity contribution in [1.82, 2.24) is 0 Å². The number of carbonyl (C=O) groups excluding carboxylic acids is 1. The molecule has 0 N–H and O–H groups in total. The minimum absolute atomic E-state index is 0.0260. The molecule has 0 atom stereocenters. The minimum Gasteiger partial charge on any atom is -0.469 e. The number of methoxy groups -OCH3 is 1. The van der Waals surface area contributed by atoms with Gasteiger partial charge in [-0.25, -0.2) is 0 Å². The first-order valence-electron chi connectivity index (χ1n) is 13.9. The highest BCUT2D eigenvalue weighted by Crippen LogP contribution is 2.47. The Balaban J connectivity index is 0.000000163. The van der Waals surface area contributed by atoms with Gasteiger partial charge in [0.1, 0.15) is 0 Å². The van der Waals surface area contributed by atoms with Crippen LogP contribution in [0.25, 0.3) is 11.1 Å². The van der Waals surface area contributed by atoms with Crippen molar-refractivity contribution >= 4 is 5.97 Å². The van der Waals surface area contributed by atoms with Gasteiger partial charge in [-0.05, 0) is 76.5 Å². The number of hydrogen-bond donors (Lipinski definition) is 0.